The molecule has 182 valence electrons. The van der Waals surface area contributed by atoms with Gasteiger partial charge in [0, 0.05) is 19.5 Å². The van der Waals surface area contributed by atoms with Crippen LogP contribution >= 0.6 is 0 Å². The Morgan fingerprint density at radius 3 is 1.88 bits per heavy atom. The van der Waals surface area contributed by atoms with Crippen molar-refractivity contribution in [2.24, 2.45) is 0 Å². The molecular weight excluding hydrogens is 396 g/mol. The second kappa shape index (κ2) is 23.5. The molecule has 3 N–H and O–H groups in total. The summed E-state index contributed by atoms with van der Waals surface area (Å²) < 4.78 is 0. The Kier molecular flexibility index (Phi) is 23.5. The first-order valence-electron chi connectivity index (χ1n) is 12.1. The third-order valence-electron chi connectivity index (χ3n) is 4.40. The van der Waals surface area contributed by atoms with Gasteiger partial charge in [0.05, 0.1) is 6.10 Å². The first-order chi connectivity index (χ1) is 15.4. The van der Waals surface area contributed by atoms with Crippen LogP contribution in [0, 0.1) is 6.92 Å². The summed E-state index contributed by atoms with van der Waals surface area (Å²) in [6, 6.07) is 20.8. The number of hydrogen-bond acceptors (Lipinski definition) is 3. The van der Waals surface area contributed by atoms with Gasteiger partial charge >= 0.3 is 0 Å². The standard InChI is InChI=1S/C10H22N2O2.C9H12.C7H8.C2H6/c1-3-4-7-12-10(14)6-5-9(13)8-11-2;1-8(2)9-6-4-3-5-7-9;1-7-5-3-2-4-6-7;1-2/h9,11,13H,3-8H2,1-2H3,(H,12,14);3-8H,1-2H3;2-6H,1H3;1-2H3. The maximum Gasteiger partial charge on any atom is 0.220 e. The fourth-order valence-corrected chi connectivity index (χ4v) is 2.50. The highest BCUT2D eigenvalue weighted by Crippen LogP contribution is 2.11. The van der Waals surface area contributed by atoms with E-state index < -0.39 is 6.10 Å². The molecule has 1 amide bonds. The van der Waals surface area contributed by atoms with E-state index in [9.17, 15) is 9.90 Å². The van der Waals surface area contributed by atoms with E-state index in [4.69, 9.17) is 0 Å². The van der Waals surface area contributed by atoms with Crippen molar-refractivity contribution in [3.05, 3.63) is 71.8 Å². The smallest absolute Gasteiger partial charge is 0.220 e. The summed E-state index contributed by atoms with van der Waals surface area (Å²) in [5.74, 6) is 0.694. The van der Waals surface area contributed by atoms with E-state index in [1.54, 1.807) is 7.05 Å². The van der Waals surface area contributed by atoms with Crippen LogP contribution in [0.2, 0.25) is 0 Å². The molecule has 1 atom stereocenters. The lowest BCUT2D eigenvalue weighted by Crippen LogP contribution is -2.28. The number of aliphatic hydroxyl groups excluding tert-OH is 1. The van der Waals surface area contributed by atoms with E-state index in [0.29, 0.717) is 25.3 Å². The number of nitrogens with one attached hydrogen (secondary N) is 2. The Bertz CT molecular complexity index is 630. The highest BCUT2D eigenvalue weighted by atomic mass is 16.3. The lowest BCUT2D eigenvalue weighted by molar-refractivity contribution is -0.121. The van der Waals surface area contributed by atoms with E-state index >= 15 is 0 Å². The zero-order valence-corrected chi connectivity index (χ0v) is 21.5. The average molecular weight is 445 g/mol. The van der Waals surface area contributed by atoms with Crippen LogP contribution in [0.1, 0.15) is 77.3 Å². The second-order valence-electron chi connectivity index (χ2n) is 7.67. The van der Waals surface area contributed by atoms with Crippen LogP contribution in [0.3, 0.4) is 0 Å². The number of unbranched alkanes of at least 4 members (excludes halogenated alkanes) is 1. The van der Waals surface area contributed by atoms with Crippen molar-refractivity contribution in [3.8, 4) is 0 Å². The van der Waals surface area contributed by atoms with Gasteiger partial charge in [-0.15, -0.1) is 0 Å². The quantitative estimate of drug-likeness (QED) is 0.410. The summed E-state index contributed by atoms with van der Waals surface area (Å²) in [4.78, 5) is 11.2. The number of hydrogen-bond donors (Lipinski definition) is 3. The van der Waals surface area contributed by atoms with Crippen molar-refractivity contribution >= 4 is 5.91 Å². The molecule has 0 bridgehead atoms. The number of carbonyl (C=O) groups is 1. The molecule has 4 nitrogen and oxygen atoms in total. The summed E-state index contributed by atoms with van der Waals surface area (Å²) in [6.45, 7) is 13.9. The first-order valence-corrected chi connectivity index (χ1v) is 12.1. The van der Waals surface area contributed by atoms with Gasteiger partial charge in [-0.1, -0.05) is 107 Å². The van der Waals surface area contributed by atoms with Gasteiger partial charge in [0.15, 0.2) is 0 Å². The number of amides is 1. The topological polar surface area (TPSA) is 61.4 Å². The van der Waals surface area contributed by atoms with Crippen LogP contribution in [0.25, 0.3) is 0 Å². The highest BCUT2D eigenvalue weighted by Gasteiger charge is 2.06. The van der Waals surface area contributed by atoms with Gasteiger partial charge in [0.25, 0.3) is 0 Å². The molecule has 0 saturated heterocycles. The molecule has 0 saturated carbocycles. The molecule has 0 aliphatic heterocycles. The monoisotopic (exact) mass is 444 g/mol. The normalized spacial score (nSPS) is 10.4. The minimum Gasteiger partial charge on any atom is -0.392 e. The molecular formula is C28H48N2O2. The van der Waals surface area contributed by atoms with Crippen LogP contribution in [-0.2, 0) is 4.79 Å². The van der Waals surface area contributed by atoms with E-state index in [-0.39, 0.29) is 5.91 Å². The van der Waals surface area contributed by atoms with Crippen LogP contribution in [0.15, 0.2) is 60.7 Å². The van der Waals surface area contributed by atoms with Crippen LogP contribution in [0.5, 0.6) is 0 Å². The van der Waals surface area contributed by atoms with Gasteiger partial charge in [0.1, 0.15) is 0 Å². The van der Waals surface area contributed by atoms with E-state index in [1.165, 1.54) is 11.1 Å². The summed E-state index contributed by atoms with van der Waals surface area (Å²) >= 11 is 0. The first kappa shape index (κ1) is 32.0. The van der Waals surface area contributed by atoms with Crippen LogP contribution < -0.4 is 10.6 Å². The second-order valence-corrected chi connectivity index (χ2v) is 7.67. The van der Waals surface area contributed by atoms with Crippen molar-refractivity contribution in [2.75, 3.05) is 20.1 Å². The molecule has 0 fully saturated rings. The molecule has 2 aromatic carbocycles. The lowest BCUT2D eigenvalue weighted by Gasteiger charge is -2.09. The lowest BCUT2D eigenvalue weighted by atomic mass is 10.0. The molecule has 0 aromatic heterocycles. The third-order valence-corrected chi connectivity index (χ3v) is 4.40. The van der Waals surface area contributed by atoms with Crippen LogP contribution in [-0.4, -0.2) is 37.3 Å². The summed E-state index contributed by atoms with van der Waals surface area (Å²) in [6.07, 6.45) is 2.62. The molecule has 2 rings (SSSR count). The zero-order valence-electron chi connectivity index (χ0n) is 21.5. The molecule has 1 unspecified atom stereocenters. The van der Waals surface area contributed by atoms with E-state index in [1.807, 2.05) is 38.1 Å². The molecule has 2 aromatic rings. The number of aliphatic hydroxyl groups is 1. The third kappa shape index (κ3) is 21.1. The molecule has 4 heteroatoms. The van der Waals surface area contributed by atoms with Gasteiger partial charge in [-0.2, -0.15) is 0 Å². The van der Waals surface area contributed by atoms with Gasteiger partial charge in [-0.3, -0.25) is 4.79 Å². The predicted octanol–water partition coefficient (Wildman–Crippen LogP) is 6.09. The zero-order chi connectivity index (χ0) is 24.6. The van der Waals surface area contributed by atoms with Gasteiger partial charge < -0.3 is 15.7 Å². The van der Waals surface area contributed by atoms with Crippen LogP contribution in [0.4, 0.5) is 0 Å². The maximum atomic E-state index is 11.2. The number of likely N-dealkylation sites (N-methyl/N-ethyl adjacent to an activating group) is 1. The molecule has 0 spiro atoms. The molecule has 0 heterocycles. The molecule has 32 heavy (non-hydrogen) atoms. The highest BCUT2D eigenvalue weighted by molar-refractivity contribution is 5.75. The van der Waals surface area contributed by atoms with Crippen molar-refractivity contribution in [2.45, 2.75) is 79.2 Å². The van der Waals surface area contributed by atoms with E-state index in [0.717, 1.165) is 19.4 Å². The fraction of sp³-hybridized carbons (Fsp3) is 0.536. The molecule has 0 aliphatic carbocycles. The van der Waals surface area contributed by atoms with Gasteiger partial charge in [-0.25, -0.2) is 0 Å². The Labute approximate surface area is 197 Å². The summed E-state index contributed by atoms with van der Waals surface area (Å²) in [5.41, 5.74) is 2.74. The van der Waals surface area contributed by atoms with Crippen molar-refractivity contribution < 1.29 is 9.90 Å². The molecule has 0 radical (unpaired) electrons. The van der Waals surface area contributed by atoms with Gasteiger partial charge in [-0.05, 0) is 38.3 Å². The number of rotatable bonds is 9. The number of benzene rings is 2. The van der Waals surface area contributed by atoms with Crippen molar-refractivity contribution in [1.82, 2.24) is 10.6 Å². The summed E-state index contributed by atoms with van der Waals surface area (Å²) in [7, 11) is 1.78. The Morgan fingerprint density at radius 2 is 1.50 bits per heavy atom. The maximum absolute atomic E-state index is 11.2. The Morgan fingerprint density at radius 1 is 0.969 bits per heavy atom. The number of carbonyl (C=O) groups excluding carboxylic acids is 1. The van der Waals surface area contributed by atoms with E-state index in [2.05, 4.69) is 74.7 Å². The summed E-state index contributed by atoms with van der Waals surface area (Å²) in [5, 5.41) is 15.0. The minimum absolute atomic E-state index is 0.0357. The van der Waals surface area contributed by atoms with Crippen molar-refractivity contribution in [3.63, 3.8) is 0 Å². The number of aryl methyl sites for hydroxylation is 1. The SMILES string of the molecule is CC.CC(C)c1ccccc1.CCCCNC(=O)CCC(O)CNC.Cc1ccccc1. The Balaban J connectivity index is 0. The molecule has 0 aliphatic rings. The fourth-order valence-electron chi connectivity index (χ4n) is 2.50. The largest absolute Gasteiger partial charge is 0.392 e. The van der Waals surface area contributed by atoms with Gasteiger partial charge in [0.2, 0.25) is 5.91 Å². The predicted molar refractivity (Wildman–Crippen MR) is 140 cm³/mol. The van der Waals surface area contributed by atoms with Crippen molar-refractivity contribution in [1.29, 1.82) is 0 Å². The average Bonchev–Trinajstić information content (AvgIpc) is 2.81. The minimum atomic E-state index is -0.420. The Hall–Kier alpha value is -2.17.